The number of rotatable bonds is 3. The minimum Gasteiger partial charge on any atom is -0.340 e. The van der Waals surface area contributed by atoms with E-state index in [0.29, 0.717) is 29.4 Å². The molecule has 7 nitrogen and oxygen atoms in total. The zero-order chi connectivity index (χ0) is 11.4. The standard InChI is InChI=1S/C8H9ClN6O/c9-1-2-10-8(16)15-7-5-6(12-3-11-5)13-4-14-7/h3-4H,1-2H2,(H3,10,11,12,13,14,15,16). The van der Waals surface area contributed by atoms with Crippen molar-refractivity contribution in [1.82, 2.24) is 25.3 Å². The largest absolute Gasteiger partial charge is 0.340 e. The van der Waals surface area contributed by atoms with Crippen LogP contribution in [0, 0.1) is 0 Å². The number of halogens is 1. The molecule has 8 heteroatoms. The Morgan fingerprint density at radius 2 is 2.31 bits per heavy atom. The van der Waals surface area contributed by atoms with Crippen LogP contribution in [0.2, 0.25) is 0 Å². The van der Waals surface area contributed by atoms with Crippen molar-refractivity contribution in [3.8, 4) is 0 Å². The van der Waals surface area contributed by atoms with Crippen LogP contribution < -0.4 is 10.6 Å². The van der Waals surface area contributed by atoms with E-state index in [2.05, 4.69) is 30.6 Å². The Morgan fingerprint density at radius 1 is 1.44 bits per heavy atom. The molecule has 0 aromatic carbocycles. The van der Waals surface area contributed by atoms with Gasteiger partial charge >= 0.3 is 6.03 Å². The molecule has 0 unspecified atom stereocenters. The van der Waals surface area contributed by atoms with E-state index in [4.69, 9.17) is 11.6 Å². The highest BCUT2D eigenvalue weighted by atomic mass is 35.5. The van der Waals surface area contributed by atoms with E-state index < -0.39 is 0 Å². The zero-order valence-electron chi connectivity index (χ0n) is 8.20. The fraction of sp³-hybridized carbons (Fsp3) is 0.250. The van der Waals surface area contributed by atoms with Gasteiger partial charge in [0.1, 0.15) is 11.8 Å². The van der Waals surface area contributed by atoms with Gasteiger partial charge in [0.25, 0.3) is 0 Å². The average molecular weight is 241 g/mol. The van der Waals surface area contributed by atoms with Crippen molar-refractivity contribution in [3.63, 3.8) is 0 Å². The number of nitrogens with zero attached hydrogens (tertiary/aromatic N) is 3. The molecule has 3 N–H and O–H groups in total. The van der Waals surface area contributed by atoms with Crippen LogP contribution in [-0.4, -0.2) is 38.4 Å². The number of alkyl halides is 1. The summed E-state index contributed by atoms with van der Waals surface area (Å²) in [6.07, 6.45) is 2.82. The van der Waals surface area contributed by atoms with Crippen molar-refractivity contribution >= 4 is 34.6 Å². The molecule has 2 amide bonds. The number of amides is 2. The summed E-state index contributed by atoms with van der Waals surface area (Å²) in [5, 5.41) is 5.14. The topological polar surface area (TPSA) is 95.6 Å². The predicted molar refractivity (Wildman–Crippen MR) is 59.4 cm³/mol. The van der Waals surface area contributed by atoms with Crippen molar-refractivity contribution < 1.29 is 4.79 Å². The lowest BCUT2D eigenvalue weighted by Gasteiger charge is -2.05. The third kappa shape index (κ3) is 2.19. The predicted octanol–water partition coefficient (Wildman–Crippen LogP) is 0.713. The van der Waals surface area contributed by atoms with Gasteiger partial charge in [-0.1, -0.05) is 0 Å². The fourth-order valence-corrected chi connectivity index (χ4v) is 1.27. The lowest BCUT2D eigenvalue weighted by Crippen LogP contribution is -2.30. The van der Waals surface area contributed by atoms with Crippen LogP contribution in [0.5, 0.6) is 0 Å². The first-order chi connectivity index (χ1) is 7.81. The molecule has 2 rings (SSSR count). The second kappa shape index (κ2) is 4.75. The Hall–Kier alpha value is -1.89. The Labute approximate surface area is 95.6 Å². The lowest BCUT2D eigenvalue weighted by molar-refractivity contribution is 0.252. The molecule has 2 aromatic heterocycles. The monoisotopic (exact) mass is 240 g/mol. The molecule has 0 spiro atoms. The first-order valence-electron chi connectivity index (χ1n) is 4.56. The number of carbonyl (C=O) groups is 1. The number of fused-ring (bicyclic) bond motifs is 1. The molecule has 0 saturated carbocycles. The van der Waals surface area contributed by atoms with Gasteiger partial charge in [-0.3, -0.25) is 5.32 Å². The molecule has 2 aromatic rings. The quantitative estimate of drug-likeness (QED) is 0.689. The summed E-state index contributed by atoms with van der Waals surface area (Å²) in [5.41, 5.74) is 1.09. The van der Waals surface area contributed by atoms with Gasteiger partial charge in [0.15, 0.2) is 11.5 Å². The number of imidazole rings is 1. The number of hydrogen-bond donors (Lipinski definition) is 3. The Bertz CT molecular complexity index is 498. The summed E-state index contributed by atoms with van der Waals surface area (Å²) in [6, 6.07) is -0.366. The number of urea groups is 1. The second-order valence-corrected chi connectivity index (χ2v) is 3.27. The van der Waals surface area contributed by atoms with Gasteiger partial charge in [-0.15, -0.1) is 11.6 Å². The maximum absolute atomic E-state index is 11.4. The van der Waals surface area contributed by atoms with Crippen molar-refractivity contribution in [1.29, 1.82) is 0 Å². The van der Waals surface area contributed by atoms with Gasteiger partial charge < -0.3 is 10.3 Å². The maximum Gasteiger partial charge on any atom is 0.320 e. The van der Waals surface area contributed by atoms with Gasteiger partial charge in [-0.2, -0.15) is 0 Å². The number of carbonyl (C=O) groups excluding carboxylic acids is 1. The van der Waals surface area contributed by atoms with Crippen molar-refractivity contribution in [2.75, 3.05) is 17.7 Å². The first kappa shape index (κ1) is 10.6. The van der Waals surface area contributed by atoms with Crippen LogP contribution in [0.4, 0.5) is 10.6 Å². The summed E-state index contributed by atoms with van der Waals surface area (Å²) < 4.78 is 0. The first-order valence-corrected chi connectivity index (χ1v) is 5.09. The molecule has 0 saturated heterocycles. The summed E-state index contributed by atoms with van der Waals surface area (Å²) in [7, 11) is 0. The number of anilines is 1. The van der Waals surface area contributed by atoms with E-state index in [1.807, 2.05) is 0 Å². The molecule has 0 aliphatic heterocycles. The van der Waals surface area contributed by atoms with Gasteiger partial charge in [0, 0.05) is 12.4 Å². The smallest absolute Gasteiger partial charge is 0.320 e. The fourth-order valence-electron chi connectivity index (χ4n) is 1.17. The van der Waals surface area contributed by atoms with Crippen LogP contribution in [0.1, 0.15) is 0 Å². The molecule has 0 aliphatic rings. The van der Waals surface area contributed by atoms with Crippen molar-refractivity contribution in [2.24, 2.45) is 0 Å². The van der Waals surface area contributed by atoms with Crippen LogP contribution in [0.15, 0.2) is 12.7 Å². The van der Waals surface area contributed by atoms with Crippen LogP contribution in [0.3, 0.4) is 0 Å². The average Bonchev–Trinajstić information content (AvgIpc) is 2.75. The van der Waals surface area contributed by atoms with Crippen molar-refractivity contribution in [3.05, 3.63) is 12.7 Å². The van der Waals surface area contributed by atoms with Gasteiger partial charge in [-0.05, 0) is 0 Å². The van der Waals surface area contributed by atoms with E-state index in [0.717, 1.165) is 0 Å². The molecule has 0 fully saturated rings. The number of aromatic nitrogens is 4. The molecular weight excluding hydrogens is 232 g/mol. The number of nitrogens with one attached hydrogen (secondary N) is 3. The van der Waals surface area contributed by atoms with Crippen molar-refractivity contribution in [2.45, 2.75) is 0 Å². The van der Waals surface area contributed by atoms with Crippen LogP contribution >= 0.6 is 11.6 Å². The summed E-state index contributed by atoms with van der Waals surface area (Å²) in [4.78, 5) is 26.0. The Morgan fingerprint density at radius 3 is 3.12 bits per heavy atom. The normalized spacial score (nSPS) is 10.3. The summed E-state index contributed by atoms with van der Waals surface area (Å²) in [5.74, 6) is 0.742. The molecule has 84 valence electrons. The van der Waals surface area contributed by atoms with E-state index in [1.165, 1.54) is 12.7 Å². The Kier molecular flexibility index (Phi) is 3.16. The van der Waals surface area contributed by atoms with E-state index in [-0.39, 0.29) is 6.03 Å². The number of aromatic amines is 1. The number of H-pyrrole nitrogens is 1. The Balaban J connectivity index is 2.14. The summed E-state index contributed by atoms with van der Waals surface area (Å²) in [6.45, 7) is 0.393. The minimum absolute atomic E-state index is 0.358. The molecule has 2 heterocycles. The lowest BCUT2D eigenvalue weighted by atomic mass is 10.5. The molecule has 0 atom stereocenters. The van der Waals surface area contributed by atoms with Crippen LogP contribution in [-0.2, 0) is 0 Å². The molecule has 0 aliphatic carbocycles. The maximum atomic E-state index is 11.4. The van der Waals surface area contributed by atoms with Gasteiger partial charge in [-0.25, -0.2) is 19.7 Å². The molecule has 0 bridgehead atoms. The molecule has 0 radical (unpaired) electrons. The van der Waals surface area contributed by atoms with Crippen LogP contribution in [0.25, 0.3) is 11.2 Å². The van der Waals surface area contributed by atoms with Gasteiger partial charge in [0.05, 0.1) is 6.33 Å². The third-order valence-electron chi connectivity index (χ3n) is 1.83. The highest BCUT2D eigenvalue weighted by Gasteiger charge is 2.08. The minimum atomic E-state index is -0.366. The number of hydrogen-bond acceptors (Lipinski definition) is 4. The highest BCUT2D eigenvalue weighted by Crippen LogP contribution is 2.13. The highest BCUT2D eigenvalue weighted by molar-refractivity contribution is 6.18. The van der Waals surface area contributed by atoms with E-state index in [1.54, 1.807) is 0 Å². The molecular formula is C8H9ClN6O. The zero-order valence-corrected chi connectivity index (χ0v) is 8.95. The van der Waals surface area contributed by atoms with Gasteiger partial charge in [0.2, 0.25) is 0 Å². The second-order valence-electron chi connectivity index (χ2n) is 2.89. The molecule has 16 heavy (non-hydrogen) atoms. The van der Waals surface area contributed by atoms with E-state index in [9.17, 15) is 4.79 Å². The SMILES string of the molecule is O=C(NCCCl)Nc1ncnc2nc[nH]c12. The van der Waals surface area contributed by atoms with E-state index >= 15 is 0 Å². The summed E-state index contributed by atoms with van der Waals surface area (Å²) >= 11 is 5.44. The third-order valence-corrected chi connectivity index (χ3v) is 2.02.